The number of aliphatic carboxylic acids is 5. The van der Waals surface area contributed by atoms with Crippen molar-refractivity contribution in [3.05, 3.63) is 99.3 Å². The zero-order valence-corrected chi connectivity index (χ0v) is 86.7. The SMILES string of the molecule is CN1CCN(CC(=O)O)CCN(CC(=O)O)CC(Cc2ccc(NC(=S)NCCCC[C@H](NC(=O)CCOCCOCCOCCN3C=C(c4cccc(NC(=O)NCCCC[C@H](NC(=O)NCCCC(=O)O)C(=O)O)c4)NN3)C(=O)NCCOCCOCCOCCOCCOCCOCCOCCOCCC(=O)N[C@@H](CCCCNC(=O)CCCc3ccc(I)cc3)C(=O)O)cc2)N(C)CC1.O=C=O.O=C=O.O=C=O. The molecule has 2 aliphatic heterocycles. The van der Waals surface area contributed by atoms with E-state index in [1.165, 1.54) is 5.56 Å². The molecule has 1 unspecified atom stereocenters. The number of likely N-dealkylation sites (N-methyl/N-ethyl adjacent to an activating group) is 2. The molecule has 1 saturated heterocycles. The van der Waals surface area contributed by atoms with Crippen LogP contribution >= 0.6 is 34.8 Å². The van der Waals surface area contributed by atoms with E-state index in [1.54, 1.807) is 23.2 Å². The van der Waals surface area contributed by atoms with E-state index in [1.807, 2.05) is 72.6 Å². The van der Waals surface area contributed by atoms with Gasteiger partial charge in [-0.3, -0.25) is 48.4 Å². The van der Waals surface area contributed by atoms with Crippen molar-refractivity contribution >= 4 is 141 Å². The molecule has 3 aromatic rings. The number of unbranched alkanes of at least 4 members (excludes halogenated alkanes) is 3. The van der Waals surface area contributed by atoms with Crippen molar-refractivity contribution in [2.45, 2.75) is 133 Å². The highest BCUT2D eigenvalue weighted by molar-refractivity contribution is 14.1. The molecule has 0 aromatic heterocycles. The van der Waals surface area contributed by atoms with E-state index in [-0.39, 0.29) is 160 Å². The Bertz CT molecular complexity index is 4310. The van der Waals surface area contributed by atoms with Crippen LogP contribution in [0.1, 0.15) is 113 Å². The lowest BCUT2D eigenvalue weighted by Gasteiger charge is -2.36. The third-order valence-electron chi connectivity index (χ3n) is 21.4. The molecule has 1 fully saturated rings. The van der Waals surface area contributed by atoms with Crippen LogP contribution in [0.25, 0.3) is 5.70 Å². The van der Waals surface area contributed by atoms with Crippen LogP contribution in [0.2, 0.25) is 0 Å². The highest BCUT2D eigenvalue weighted by atomic mass is 127. The molecule has 50 nitrogen and oxygen atoms in total. The Morgan fingerprint density at radius 3 is 1.39 bits per heavy atom. The third-order valence-corrected chi connectivity index (χ3v) is 22.4. The predicted molar refractivity (Wildman–Crippen MR) is 540 cm³/mol. The van der Waals surface area contributed by atoms with Crippen molar-refractivity contribution in [3.8, 4) is 0 Å². The molecule has 4 atom stereocenters. The first kappa shape index (κ1) is 132. The molecule has 0 radical (unpaired) electrons. The topological polar surface area (TPSA) is 653 Å². The van der Waals surface area contributed by atoms with Gasteiger partial charge in [0.25, 0.3) is 0 Å². The van der Waals surface area contributed by atoms with Crippen molar-refractivity contribution in [2.75, 3.05) is 268 Å². The maximum atomic E-state index is 13.7. The van der Waals surface area contributed by atoms with Gasteiger partial charge < -0.3 is 146 Å². The summed E-state index contributed by atoms with van der Waals surface area (Å²) in [6.07, 6.45) is 9.13. The smallest absolute Gasteiger partial charge is 0.373 e. The van der Waals surface area contributed by atoms with Crippen LogP contribution in [0.5, 0.6) is 0 Å². The normalized spacial score (nSPS) is 13.9. The van der Waals surface area contributed by atoms with Gasteiger partial charge in [0, 0.05) is 137 Å². The minimum Gasteiger partial charge on any atom is -0.481 e. The molecule has 52 heteroatoms. The summed E-state index contributed by atoms with van der Waals surface area (Å²) in [4.78, 5) is 191. The Kier molecular flexibility index (Phi) is 78.6. The van der Waals surface area contributed by atoms with Crippen LogP contribution in [0.3, 0.4) is 0 Å². The summed E-state index contributed by atoms with van der Waals surface area (Å²) >= 11 is 7.92. The summed E-state index contributed by atoms with van der Waals surface area (Å²) in [5.74, 6) is -6.40. The summed E-state index contributed by atoms with van der Waals surface area (Å²) in [6.45, 7) is 12.2. The highest BCUT2D eigenvalue weighted by Gasteiger charge is 2.27. The van der Waals surface area contributed by atoms with Gasteiger partial charge in [-0.2, -0.15) is 28.8 Å². The molecule has 3 aromatic carbocycles. The summed E-state index contributed by atoms with van der Waals surface area (Å²) < 4.78 is 63.0. The first-order valence-corrected chi connectivity index (χ1v) is 50.0. The number of ether oxygens (including phenoxy) is 11. The number of anilines is 2. The van der Waals surface area contributed by atoms with Crippen molar-refractivity contribution in [1.82, 2.24) is 78.1 Å². The van der Waals surface area contributed by atoms with E-state index in [0.29, 0.717) is 220 Å². The number of nitrogens with zero attached hydrogens (tertiary/aromatic N) is 5. The molecular formula is C95H148IN17O33S. The second-order valence-corrected chi connectivity index (χ2v) is 34.6. The molecule has 0 aliphatic carbocycles. The largest absolute Gasteiger partial charge is 0.481 e. The molecule has 17 N–H and O–H groups in total. The molecule has 2 aliphatic rings. The summed E-state index contributed by atoms with van der Waals surface area (Å²) in [5, 5.41) is 77.5. The van der Waals surface area contributed by atoms with Gasteiger partial charge in [0.15, 0.2) is 5.11 Å². The lowest BCUT2D eigenvalue weighted by atomic mass is 10.0. The van der Waals surface area contributed by atoms with Crippen LogP contribution < -0.4 is 64.1 Å². The second kappa shape index (κ2) is 87.7. The number of nitrogens with one attached hydrogen (secondary N) is 12. The minimum absolute atomic E-state index is 0.00409. The number of carbonyl (C=O) groups excluding carboxylic acids is 12. The Hall–Kier alpha value is -11.3. The van der Waals surface area contributed by atoms with Gasteiger partial charge >= 0.3 is 60.4 Å². The van der Waals surface area contributed by atoms with Gasteiger partial charge in [0.2, 0.25) is 23.6 Å². The quantitative estimate of drug-likeness (QED) is 0.0215. The summed E-state index contributed by atoms with van der Waals surface area (Å²) in [6, 6.07) is 19.1. The van der Waals surface area contributed by atoms with E-state index < -0.39 is 65.9 Å². The molecule has 0 spiro atoms. The van der Waals surface area contributed by atoms with Crippen molar-refractivity contribution in [2.24, 2.45) is 0 Å². The third kappa shape index (κ3) is 73.4. The number of carbonyl (C=O) groups is 11. The molecular weight excluding hydrogens is 2070 g/mol. The number of urea groups is 2. The van der Waals surface area contributed by atoms with Crippen LogP contribution in [-0.2, 0) is 137 Å². The Labute approximate surface area is 874 Å². The van der Waals surface area contributed by atoms with E-state index in [2.05, 4.69) is 109 Å². The number of benzene rings is 3. The van der Waals surface area contributed by atoms with Gasteiger partial charge in [-0.15, -0.1) is 5.53 Å². The van der Waals surface area contributed by atoms with Crippen LogP contribution in [0, 0.1) is 3.57 Å². The van der Waals surface area contributed by atoms with Gasteiger partial charge in [-0.1, -0.05) is 36.4 Å². The fourth-order valence-corrected chi connectivity index (χ4v) is 14.3. The Morgan fingerprint density at radius 2 is 0.864 bits per heavy atom. The number of hydrogen-bond donors (Lipinski definition) is 17. The fraction of sp³-hybridized carbons (Fsp3) is 0.632. The van der Waals surface area contributed by atoms with Gasteiger partial charge in [-0.25, -0.2) is 19.2 Å². The molecule has 5 rings (SSSR count). The van der Waals surface area contributed by atoms with Crippen LogP contribution in [-0.4, -0.2) is 421 Å². The first-order valence-electron chi connectivity index (χ1n) is 48.5. The average Bonchev–Trinajstić information content (AvgIpc) is 1.72. The Morgan fingerprint density at radius 1 is 0.422 bits per heavy atom. The van der Waals surface area contributed by atoms with Crippen molar-refractivity contribution in [3.63, 3.8) is 0 Å². The molecule has 147 heavy (non-hydrogen) atoms. The van der Waals surface area contributed by atoms with Crippen LogP contribution in [0.4, 0.5) is 21.0 Å². The number of thiocarbonyl (C=S) groups is 1. The number of carboxylic acids is 5. The molecule has 0 saturated carbocycles. The van der Waals surface area contributed by atoms with E-state index in [9.17, 15) is 73.2 Å². The van der Waals surface area contributed by atoms with Crippen LogP contribution in [0.15, 0.2) is 79.0 Å². The molecule has 8 amide bonds. The van der Waals surface area contributed by atoms with E-state index in [4.69, 9.17) is 98.2 Å². The zero-order valence-electron chi connectivity index (χ0n) is 83.7. The lowest BCUT2D eigenvalue weighted by Crippen LogP contribution is -2.50. The van der Waals surface area contributed by atoms with E-state index in [0.717, 1.165) is 52.0 Å². The number of amides is 8. The maximum Gasteiger partial charge on any atom is 0.373 e. The first-order chi connectivity index (χ1) is 71.0. The van der Waals surface area contributed by atoms with Crippen molar-refractivity contribution in [1.29, 1.82) is 0 Å². The molecule has 0 bridgehead atoms. The molecule has 824 valence electrons. The monoisotopic (exact) mass is 2210 g/mol. The number of rotatable bonds is 77. The number of hydrazine groups is 2. The standard InChI is InChI=1S/C92H148IN17O27S.3CO2/c1-106-35-37-107(2)76(66-109(69-86(118)119)40-39-108(38-36-106)68-85(116)117)64-71-22-26-74(27-23-71)100-92(138)98-32-8-3-15-77(101-82(112)28-42-127-46-50-131-53-49-130-45-41-110-67-80(104-105-110)72-13-10-14-75(65-72)99-90(125)96-31-7-5-17-79(89(123)124)103-91(126)97-33-11-19-84(114)115)87(120)95-34-44-129-48-52-133-55-57-135-59-61-137-63-62-136-60-58-134-56-54-132-51-47-128-43-29-83(113)102-78(88(121)122)16-4-6-30-94-81(111)18-9-12-70-20-24-73(93)25-21-70;3*2-1-3/h10,13-14,20-27,65,67,76-79,104-105H,3-9,11-12,15-19,28-64,66,68-69H2,1-2H3,(H,94,111)(H,95,120)(H,101,112)(H,102,113)(H,114,115)(H,116,117)(H,118,119)(H,121,122)(H,123,124)(H2,96,99,125)(H2,97,103,126)(H2,98,100,138);;;/t76?,77-,78-,79-;;;/m0.../s1. The van der Waals surface area contributed by atoms with Crippen molar-refractivity contribution < 1.29 is 159 Å². The number of halogens is 1. The minimum atomic E-state index is -1.21. The summed E-state index contributed by atoms with van der Waals surface area (Å²) in [5.41, 5.74) is 11.2. The number of aryl methyl sites for hydroxylation is 1. The van der Waals surface area contributed by atoms with Gasteiger partial charge in [-0.05, 0) is 180 Å². The number of carboxylic acid groups (broad SMARTS) is 5. The second-order valence-electron chi connectivity index (χ2n) is 32.9. The Balaban J connectivity index is 0.00000780. The van der Waals surface area contributed by atoms with Gasteiger partial charge in [0.1, 0.15) is 18.1 Å². The lowest BCUT2D eigenvalue weighted by molar-refractivity contribution is -0.193. The van der Waals surface area contributed by atoms with E-state index >= 15 is 0 Å². The number of hydrogen-bond acceptors (Lipinski definition) is 36. The average molecular weight is 2220 g/mol. The highest BCUT2D eigenvalue weighted by Crippen LogP contribution is 2.21. The maximum absolute atomic E-state index is 13.7. The predicted octanol–water partition coefficient (Wildman–Crippen LogP) is 1.23. The summed E-state index contributed by atoms with van der Waals surface area (Å²) in [7, 11) is 4.06. The fourth-order valence-electron chi connectivity index (χ4n) is 13.8. The molecule has 2 heterocycles. The van der Waals surface area contributed by atoms with Gasteiger partial charge in [0.05, 0.1) is 171 Å². The zero-order chi connectivity index (χ0) is 108.